The summed E-state index contributed by atoms with van der Waals surface area (Å²) in [7, 11) is 0. The molecule has 3 aliphatic rings. The van der Waals surface area contributed by atoms with Crippen LogP contribution in [0.3, 0.4) is 0 Å². The second-order valence-corrected chi connectivity index (χ2v) is 7.54. The maximum atomic E-state index is 13.0. The Balaban J connectivity index is 1.80. The molecule has 118 valence electrons. The van der Waals surface area contributed by atoms with Gasteiger partial charge < -0.3 is 10.0 Å². The van der Waals surface area contributed by atoms with Crippen LogP contribution >= 0.6 is 11.8 Å². The number of carbonyl (C=O) groups is 2. The van der Waals surface area contributed by atoms with Crippen molar-refractivity contribution in [1.29, 1.82) is 0 Å². The predicted molar refractivity (Wildman–Crippen MR) is 82.3 cm³/mol. The molecule has 4 atom stereocenters. The van der Waals surface area contributed by atoms with Gasteiger partial charge in [-0.25, -0.2) is 9.59 Å². The van der Waals surface area contributed by atoms with Crippen LogP contribution in [-0.2, 0) is 4.79 Å². The maximum absolute atomic E-state index is 13.0. The van der Waals surface area contributed by atoms with Gasteiger partial charge in [0.15, 0.2) is 0 Å². The topological polar surface area (TPSA) is 60.9 Å². The van der Waals surface area contributed by atoms with E-state index in [4.69, 9.17) is 0 Å². The van der Waals surface area contributed by atoms with Crippen LogP contribution in [0.5, 0.6) is 0 Å². The van der Waals surface area contributed by atoms with E-state index in [1.165, 1.54) is 19.3 Å². The molecule has 0 aromatic rings. The highest BCUT2D eigenvalue weighted by Gasteiger charge is 2.46. The minimum Gasteiger partial charge on any atom is -0.480 e. The lowest BCUT2D eigenvalue weighted by molar-refractivity contribution is -0.141. The summed E-state index contributed by atoms with van der Waals surface area (Å²) in [5.74, 6) is 0.287. The summed E-state index contributed by atoms with van der Waals surface area (Å²) in [5, 5.41) is 9.42. The number of urea groups is 1. The average molecular weight is 312 g/mol. The van der Waals surface area contributed by atoms with Gasteiger partial charge in [-0.3, -0.25) is 4.90 Å². The van der Waals surface area contributed by atoms with E-state index in [0.717, 1.165) is 25.8 Å². The first-order chi connectivity index (χ1) is 10.1. The lowest BCUT2D eigenvalue weighted by Crippen LogP contribution is -2.56. The molecule has 0 spiro atoms. The molecule has 1 saturated carbocycles. The van der Waals surface area contributed by atoms with E-state index in [-0.39, 0.29) is 11.4 Å². The number of hydrogen-bond donors (Lipinski definition) is 1. The summed E-state index contributed by atoms with van der Waals surface area (Å²) < 4.78 is 0. The van der Waals surface area contributed by atoms with Gasteiger partial charge in [0.2, 0.25) is 0 Å². The van der Waals surface area contributed by atoms with Crippen molar-refractivity contribution < 1.29 is 14.7 Å². The first-order valence-electron chi connectivity index (χ1n) is 8.06. The Labute approximate surface area is 130 Å². The second kappa shape index (κ2) is 6.07. The molecular weight excluding hydrogens is 288 g/mol. The number of carboxylic acid groups (broad SMARTS) is 1. The molecule has 0 bridgehead atoms. The third-order valence-corrected chi connectivity index (χ3v) is 6.64. The molecule has 0 aromatic heterocycles. The molecule has 3 fully saturated rings. The summed E-state index contributed by atoms with van der Waals surface area (Å²) in [6.45, 7) is 2.82. The Morgan fingerprint density at radius 3 is 2.71 bits per heavy atom. The van der Waals surface area contributed by atoms with Gasteiger partial charge in [-0.15, -0.1) is 11.8 Å². The Hall–Kier alpha value is -0.910. The molecule has 2 heterocycles. The van der Waals surface area contributed by atoms with Crippen LogP contribution in [0.2, 0.25) is 0 Å². The van der Waals surface area contributed by atoms with Crippen LogP contribution in [-0.4, -0.2) is 56.7 Å². The lowest BCUT2D eigenvalue weighted by atomic mass is 9.92. The van der Waals surface area contributed by atoms with Gasteiger partial charge in [-0.2, -0.15) is 0 Å². The SMILES string of the molecule is CCC1SCC(C(=O)O)N1C(=O)N1CCCC2CCCC21. The van der Waals surface area contributed by atoms with Crippen LogP contribution in [0, 0.1) is 5.92 Å². The monoisotopic (exact) mass is 312 g/mol. The van der Waals surface area contributed by atoms with Gasteiger partial charge in [0.25, 0.3) is 0 Å². The van der Waals surface area contributed by atoms with Crippen molar-refractivity contribution in [3.05, 3.63) is 0 Å². The largest absolute Gasteiger partial charge is 0.480 e. The number of thioether (sulfide) groups is 1. The van der Waals surface area contributed by atoms with Gasteiger partial charge in [0.05, 0.1) is 5.37 Å². The number of carboxylic acids is 1. The Morgan fingerprint density at radius 1 is 1.24 bits per heavy atom. The number of piperidine rings is 1. The molecule has 5 nitrogen and oxygen atoms in total. The number of amides is 2. The Kier molecular flexibility index (Phi) is 4.33. The number of likely N-dealkylation sites (tertiary alicyclic amines) is 1. The number of fused-ring (bicyclic) bond motifs is 1. The second-order valence-electron chi connectivity index (χ2n) is 6.33. The summed E-state index contributed by atoms with van der Waals surface area (Å²) in [4.78, 5) is 28.1. The zero-order valence-electron chi connectivity index (χ0n) is 12.5. The zero-order valence-corrected chi connectivity index (χ0v) is 13.3. The van der Waals surface area contributed by atoms with Gasteiger partial charge in [0, 0.05) is 18.3 Å². The van der Waals surface area contributed by atoms with Crippen molar-refractivity contribution in [1.82, 2.24) is 9.80 Å². The molecule has 6 heteroatoms. The first kappa shape index (κ1) is 15.0. The lowest BCUT2D eigenvalue weighted by Gasteiger charge is -2.41. The fourth-order valence-corrected chi connectivity index (χ4v) is 5.51. The number of carbonyl (C=O) groups excluding carboxylic acids is 1. The zero-order chi connectivity index (χ0) is 15.0. The quantitative estimate of drug-likeness (QED) is 0.851. The number of nitrogens with zero attached hydrogens (tertiary/aromatic N) is 2. The van der Waals surface area contributed by atoms with Gasteiger partial charge in [-0.05, 0) is 38.0 Å². The third-order valence-electron chi connectivity index (χ3n) is 5.19. The van der Waals surface area contributed by atoms with Crippen molar-refractivity contribution in [3.63, 3.8) is 0 Å². The highest BCUT2D eigenvalue weighted by atomic mass is 32.2. The molecule has 0 aromatic carbocycles. The van der Waals surface area contributed by atoms with Gasteiger partial charge >= 0.3 is 12.0 Å². The van der Waals surface area contributed by atoms with Gasteiger partial charge in [0.1, 0.15) is 6.04 Å². The van der Waals surface area contributed by atoms with E-state index in [1.54, 1.807) is 16.7 Å². The smallest absolute Gasteiger partial charge is 0.327 e. The van der Waals surface area contributed by atoms with Crippen LogP contribution in [0.15, 0.2) is 0 Å². The van der Waals surface area contributed by atoms with E-state index in [2.05, 4.69) is 0 Å². The van der Waals surface area contributed by atoms with Crippen molar-refractivity contribution in [2.24, 2.45) is 5.92 Å². The first-order valence-corrected chi connectivity index (χ1v) is 9.11. The number of aliphatic carboxylic acids is 1. The highest BCUT2D eigenvalue weighted by Crippen LogP contribution is 2.39. The van der Waals surface area contributed by atoms with E-state index in [0.29, 0.717) is 17.7 Å². The number of hydrogen-bond acceptors (Lipinski definition) is 3. The molecule has 0 radical (unpaired) electrons. The molecule has 3 rings (SSSR count). The molecular formula is C15H24N2O3S. The minimum atomic E-state index is -0.869. The normalized spacial score (nSPS) is 35.9. The summed E-state index contributed by atoms with van der Waals surface area (Å²) in [6.07, 6.45) is 6.61. The number of rotatable bonds is 2. The summed E-state index contributed by atoms with van der Waals surface area (Å²) in [5.41, 5.74) is 0. The molecule has 1 aliphatic carbocycles. The standard InChI is InChI=1S/C15H24N2O3S/c1-2-13-17(12(9-21-13)14(18)19)15(20)16-8-4-6-10-5-3-7-11(10)16/h10-13H,2-9H2,1H3,(H,18,19). The van der Waals surface area contributed by atoms with Gasteiger partial charge in [-0.1, -0.05) is 13.3 Å². The summed E-state index contributed by atoms with van der Waals surface area (Å²) >= 11 is 1.60. The molecule has 2 aliphatic heterocycles. The van der Waals surface area contributed by atoms with E-state index in [9.17, 15) is 14.7 Å². The third kappa shape index (κ3) is 2.62. The van der Waals surface area contributed by atoms with Crippen molar-refractivity contribution in [2.45, 2.75) is 62.9 Å². The van der Waals surface area contributed by atoms with Crippen molar-refractivity contribution in [3.8, 4) is 0 Å². The summed E-state index contributed by atoms with van der Waals surface area (Å²) in [6, 6.07) is -0.339. The van der Waals surface area contributed by atoms with E-state index in [1.807, 2.05) is 11.8 Å². The Morgan fingerprint density at radius 2 is 2.00 bits per heavy atom. The molecule has 1 N–H and O–H groups in total. The Bertz CT molecular complexity index is 431. The maximum Gasteiger partial charge on any atom is 0.327 e. The molecule has 4 unspecified atom stereocenters. The molecule has 2 amide bonds. The van der Waals surface area contributed by atoms with Crippen molar-refractivity contribution >= 4 is 23.8 Å². The van der Waals surface area contributed by atoms with Crippen LogP contribution in [0.4, 0.5) is 4.79 Å². The minimum absolute atomic E-state index is 0.0142. The predicted octanol–water partition coefficient (Wildman–Crippen LogP) is 2.61. The fraction of sp³-hybridized carbons (Fsp3) is 0.867. The highest BCUT2D eigenvalue weighted by molar-refractivity contribution is 8.00. The van der Waals surface area contributed by atoms with E-state index < -0.39 is 12.0 Å². The fourth-order valence-electron chi connectivity index (χ4n) is 4.16. The molecule has 21 heavy (non-hydrogen) atoms. The van der Waals surface area contributed by atoms with Crippen LogP contribution in [0.1, 0.15) is 45.4 Å². The average Bonchev–Trinajstić information content (AvgIpc) is 3.11. The van der Waals surface area contributed by atoms with Crippen LogP contribution < -0.4 is 0 Å². The van der Waals surface area contributed by atoms with E-state index >= 15 is 0 Å². The van der Waals surface area contributed by atoms with Crippen molar-refractivity contribution in [2.75, 3.05) is 12.3 Å². The molecule has 2 saturated heterocycles. The van der Waals surface area contributed by atoms with Crippen LogP contribution in [0.25, 0.3) is 0 Å².